The molecule has 2 amide bonds. The normalized spacial score (nSPS) is 26.2. The first-order chi connectivity index (χ1) is 10.5. The predicted octanol–water partition coefficient (Wildman–Crippen LogP) is 1.41. The van der Waals surface area contributed by atoms with Crippen LogP contribution >= 0.6 is 11.8 Å². The first kappa shape index (κ1) is 17.9. The van der Waals surface area contributed by atoms with Gasteiger partial charge in [0, 0.05) is 62.9 Å². The molecule has 0 unspecified atom stereocenters. The van der Waals surface area contributed by atoms with Crippen molar-refractivity contribution in [3.05, 3.63) is 0 Å². The van der Waals surface area contributed by atoms with Gasteiger partial charge in [0.15, 0.2) is 0 Å². The first-order valence-corrected chi connectivity index (χ1v) is 9.58. The Morgan fingerprint density at radius 3 is 2.50 bits per heavy atom. The van der Waals surface area contributed by atoms with Crippen LogP contribution in [0.5, 0.6) is 0 Å². The Bertz CT molecular complexity index is 358. The Hall–Kier alpha value is -0.460. The Labute approximate surface area is 139 Å². The lowest BCUT2D eigenvalue weighted by Crippen LogP contribution is -2.53. The standard InChI is InChI=1S/C16H32N4OS/c1-13(2)15-12-20(9-10-22-15)16(21)17-14(3)11-19-7-5-18(4)6-8-19/h13-15H,5-12H2,1-4H3,(H,17,21)/t14-,15+/m0/s1. The third kappa shape index (κ3) is 5.32. The summed E-state index contributed by atoms with van der Waals surface area (Å²) < 4.78 is 0. The van der Waals surface area contributed by atoms with Gasteiger partial charge in [0.2, 0.25) is 0 Å². The highest BCUT2D eigenvalue weighted by atomic mass is 32.2. The second-order valence-electron chi connectivity index (χ2n) is 7.05. The molecule has 0 aromatic carbocycles. The van der Waals surface area contributed by atoms with Gasteiger partial charge in [0.1, 0.15) is 0 Å². The van der Waals surface area contributed by atoms with Crippen LogP contribution in [0.4, 0.5) is 4.79 Å². The van der Waals surface area contributed by atoms with Gasteiger partial charge >= 0.3 is 6.03 Å². The number of amides is 2. The number of rotatable bonds is 4. The fourth-order valence-corrected chi connectivity index (χ4v) is 4.33. The van der Waals surface area contributed by atoms with Crippen LogP contribution in [0.2, 0.25) is 0 Å². The molecule has 5 nitrogen and oxygen atoms in total. The van der Waals surface area contributed by atoms with Crippen molar-refractivity contribution in [2.75, 3.05) is 58.6 Å². The van der Waals surface area contributed by atoms with Crippen molar-refractivity contribution >= 4 is 17.8 Å². The van der Waals surface area contributed by atoms with E-state index >= 15 is 0 Å². The van der Waals surface area contributed by atoms with E-state index in [1.807, 2.05) is 16.7 Å². The molecule has 0 saturated carbocycles. The van der Waals surface area contributed by atoms with E-state index in [1.165, 1.54) is 0 Å². The average Bonchev–Trinajstić information content (AvgIpc) is 2.49. The highest BCUT2D eigenvalue weighted by Gasteiger charge is 2.27. The Morgan fingerprint density at radius 1 is 1.18 bits per heavy atom. The average molecular weight is 329 g/mol. The van der Waals surface area contributed by atoms with Crippen molar-refractivity contribution in [3.8, 4) is 0 Å². The fraction of sp³-hybridized carbons (Fsp3) is 0.938. The van der Waals surface area contributed by atoms with E-state index in [0.29, 0.717) is 11.2 Å². The second kappa shape index (κ2) is 8.41. The topological polar surface area (TPSA) is 38.8 Å². The van der Waals surface area contributed by atoms with Crippen LogP contribution in [0.25, 0.3) is 0 Å². The molecule has 0 bridgehead atoms. The molecular formula is C16H32N4OS. The molecule has 0 aromatic rings. The van der Waals surface area contributed by atoms with Crippen LogP contribution in [0, 0.1) is 5.92 Å². The monoisotopic (exact) mass is 328 g/mol. The van der Waals surface area contributed by atoms with Crippen molar-refractivity contribution < 1.29 is 4.79 Å². The zero-order valence-electron chi connectivity index (χ0n) is 14.5. The molecule has 2 fully saturated rings. The molecule has 2 aliphatic rings. The SMILES string of the molecule is CC(C)[C@H]1CN(C(=O)N[C@@H](C)CN2CCN(C)CC2)CCS1. The van der Waals surface area contributed by atoms with Crippen LogP contribution < -0.4 is 5.32 Å². The van der Waals surface area contributed by atoms with Gasteiger partial charge in [-0.15, -0.1) is 0 Å². The lowest BCUT2D eigenvalue weighted by molar-refractivity contribution is 0.141. The van der Waals surface area contributed by atoms with Crippen LogP contribution in [0.3, 0.4) is 0 Å². The van der Waals surface area contributed by atoms with Crippen LogP contribution in [-0.2, 0) is 0 Å². The summed E-state index contributed by atoms with van der Waals surface area (Å²) >= 11 is 2.01. The maximum absolute atomic E-state index is 12.4. The van der Waals surface area contributed by atoms with Crippen molar-refractivity contribution in [1.29, 1.82) is 0 Å². The maximum Gasteiger partial charge on any atom is 0.317 e. The van der Waals surface area contributed by atoms with Crippen LogP contribution in [0.15, 0.2) is 0 Å². The van der Waals surface area contributed by atoms with Gasteiger partial charge in [-0.2, -0.15) is 11.8 Å². The molecule has 0 aromatic heterocycles. The molecule has 22 heavy (non-hydrogen) atoms. The summed E-state index contributed by atoms with van der Waals surface area (Å²) in [7, 11) is 2.17. The molecule has 0 radical (unpaired) electrons. The number of carbonyl (C=O) groups excluding carboxylic acids is 1. The van der Waals surface area contributed by atoms with Crippen molar-refractivity contribution in [2.45, 2.75) is 32.1 Å². The number of carbonyl (C=O) groups is 1. The zero-order valence-corrected chi connectivity index (χ0v) is 15.4. The Kier molecular flexibility index (Phi) is 6.84. The highest BCUT2D eigenvalue weighted by molar-refractivity contribution is 8.00. The van der Waals surface area contributed by atoms with Crippen molar-refractivity contribution in [1.82, 2.24) is 20.0 Å². The number of thioether (sulfide) groups is 1. The van der Waals surface area contributed by atoms with E-state index in [-0.39, 0.29) is 12.1 Å². The number of hydrogen-bond acceptors (Lipinski definition) is 4. The lowest BCUT2D eigenvalue weighted by Gasteiger charge is -2.36. The minimum atomic E-state index is 0.118. The van der Waals surface area contributed by atoms with Gasteiger partial charge in [0.25, 0.3) is 0 Å². The van der Waals surface area contributed by atoms with Gasteiger partial charge in [-0.25, -0.2) is 4.79 Å². The van der Waals surface area contributed by atoms with E-state index in [1.54, 1.807) is 0 Å². The predicted molar refractivity (Wildman–Crippen MR) is 94.6 cm³/mol. The molecule has 1 N–H and O–H groups in total. The maximum atomic E-state index is 12.4. The third-order valence-corrected chi connectivity index (χ3v) is 6.16. The summed E-state index contributed by atoms with van der Waals surface area (Å²) in [6, 6.07) is 0.329. The van der Waals surface area contributed by atoms with Gasteiger partial charge in [-0.05, 0) is 19.9 Å². The molecule has 6 heteroatoms. The lowest BCUT2D eigenvalue weighted by atomic mass is 10.1. The molecule has 128 valence electrons. The summed E-state index contributed by atoms with van der Waals surface area (Å²) in [5, 5.41) is 3.77. The van der Waals surface area contributed by atoms with E-state index < -0.39 is 0 Å². The smallest absolute Gasteiger partial charge is 0.317 e. The highest BCUT2D eigenvalue weighted by Crippen LogP contribution is 2.24. The van der Waals surface area contributed by atoms with Gasteiger partial charge in [0.05, 0.1) is 0 Å². The molecule has 2 saturated heterocycles. The quantitative estimate of drug-likeness (QED) is 0.847. The third-order valence-electron chi connectivity index (χ3n) is 4.62. The minimum absolute atomic E-state index is 0.118. The number of nitrogens with one attached hydrogen (secondary N) is 1. The molecule has 0 aliphatic carbocycles. The molecule has 2 heterocycles. The largest absolute Gasteiger partial charge is 0.334 e. The Morgan fingerprint density at radius 2 is 1.86 bits per heavy atom. The van der Waals surface area contributed by atoms with Crippen molar-refractivity contribution in [3.63, 3.8) is 0 Å². The fourth-order valence-electron chi connectivity index (χ4n) is 3.03. The molecule has 0 spiro atoms. The van der Waals surface area contributed by atoms with Gasteiger partial charge in [-0.3, -0.25) is 4.90 Å². The van der Waals surface area contributed by atoms with Crippen LogP contribution in [-0.4, -0.2) is 90.6 Å². The summed E-state index contributed by atoms with van der Waals surface area (Å²) in [5.74, 6) is 1.69. The number of likely N-dealkylation sites (N-methyl/N-ethyl adjacent to an activating group) is 1. The van der Waals surface area contributed by atoms with Crippen molar-refractivity contribution in [2.24, 2.45) is 5.92 Å². The zero-order chi connectivity index (χ0) is 16.1. The van der Waals surface area contributed by atoms with E-state index in [2.05, 4.69) is 42.9 Å². The molecule has 2 rings (SSSR count). The van der Waals surface area contributed by atoms with Crippen LogP contribution in [0.1, 0.15) is 20.8 Å². The van der Waals surface area contributed by atoms with Gasteiger partial charge < -0.3 is 15.1 Å². The number of urea groups is 1. The van der Waals surface area contributed by atoms with E-state index in [9.17, 15) is 4.79 Å². The molecular weight excluding hydrogens is 296 g/mol. The summed E-state index contributed by atoms with van der Waals surface area (Å²) in [4.78, 5) is 19.3. The molecule has 2 aliphatic heterocycles. The summed E-state index contributed by atoms with van der Waals surface area (Å²) in [5.41, 5.74) is 0. The van der Waals surface area contributed by atoms with E-state index in [4.69, 9.17) is 0 Å². The number of piperazine rings is 1. The van der Waals surface area contributed by atoms with E-state index in [0.717, 1.165) is 51.6 Å². The number of hydrogen-bond donors (Lipinski definition) is 1. The Balaban J connectivity index is 1.73. The minimum Gasteiger partial charge on any atom is -0.334 e. The second-order valence-corrected chi connectivity index (χ2v) is 8.40. The first-order valence-electron chi connectivity index (χ1n) is 8.53. The number of nitrogens with zero attached hydrogens (tertiary/aromatic N) is 3. The molecule has 2 atom stereocenters. The van der Waals surface area contributed by atoms with Gasteiger partial charge in [-0.1, -0.05) is 13.8 Å². The summed E-state index contributed by atoms with van der Waals surface area (Å²) in [6.07, 6.45) is 0. The summed E-state index contributed by atoms with van der Waals surface area (Å²) in [6.45, 7) is 13.8.